The average molecular weight is 450 g/mol. The summed E-state index contributed by atoms with van der Waals surface area (Å²) in [6.45, 7) is 6.41. The molecule has 2 aliphatic rings. The first-order chi connectivity index (χ1) is 16.3. The number of likely N-dealkylation sites (tertiary alicyclic amines) is 1. The molecule has 2 fully saturated rings. The Kier molecular flexibility index (Phi) is 9.61. The highest BCUT2D eigenvalue weighted by Crippen LogP contribution is 2.23. The minimum Gasteiger partial charge on any atom is -0.342 e. The summed E-state index contributed by atoms with van der Waals surface area (Å²) >= 11 is 0. The van der Waals surface area contributed by atoms with Crippen molar-refractivity contribution in [2.45, 2.75) is 64.2 Å². The number of carbonyl (C=O) groups excluding carboxylic acids is 1. The number of fused-ring (bicyclic) bond motifs is 1. The number of benzene rings is 2. The third-order valence-corrected chi connectivity index (χ3v) is 7.74. The van der Waals surface area contributed by atoms with Crippen LogP contribution in [0, 0.1) is 11.8 Å². The topological polar surface area (TPSA) is 44.4 Å². The molecule has 1 amide bonds. The largest absolute Gasteiger partial charge is 0.342 e. The highest BCUT2D eigenvalue weighted by atomic mass is 16.2. The monoisotopic (exact) mass is 449 g/mol. The maximum Gasteiger partial charge on any atom is 0.227 e. The van der Waals surface area contributed by atoms with E-state index in [1.165, 1.54) is 62.3 Å². The third kappa shape index (κ3) is 7.55. The zero-order chi connectivity index (χ0) is 22.7. The Bertz CT molecular complexity index is 848. The first-order valence-corrected chi connectivity index (χ1v) is 13.5. The molecule has 1 aliphatic heterocycles. The number of amides is 1. The number of nitrogens with one attached hydrogen (secondary N) is 2. The van der Waals surface area contributed by atoms with Crippen LogP contribution in [0.15, 0.2) is 42.5 Å². The molecule has 0 radical (unpaired) electrons. The van der Waals surface area contributed by atoms with Gasteiger partial charge in [-0.3, -0.25) is 4.79 Å². The van der Waals surface area contributed by atoms with Crippen LogP contribution >= 0.6 is 0 Å². The molecule has 4 nitrogen and oxygen atoms in total. The number of nitrogens with zero attached hydrogens (tertiary/aromatic N) is 1. The van der Waals surface area contributed by atoms with Gasteiger partial charge in [-0.1, -0.05) is 61.7 Å². The first-order valence-electron chi connectivity index (χ1n) is 13.5. The highest BCUT2D eigenvalue weighted by molar-refractivity contribution is 5.90. The summed E-state index contributed by atoms with van der Waals surface area (Å²) < 4.78 is 0. The average Bonchev–Trinajstić information content (AvgIpc) is 2.87. The second-order valence-electron chi connectivity index (χ2n) is 10.3. The molecule has 4 heteroatoms. The van der Waals surface area contributed by atoms with E-state index in [9.17, 15) is 4.79 Å². The van der Waals surface area contributed by atoms with Gasteiger partial charge in [-0.05, 0) is 92.9 Å². The van der Waals surface area contributed by atoms with Crippen molar-refractivity contribution in [3.63, 3.8) is 0 Å². The summed E-state index contributed by atoms with van der Waals surface area (Å²) in [5.74, 6) is 1.91. The van der Waals surface area contributed by atoms with Gasteiger partial charge in [-0.2, -0.15) is 0 Å². The normalized spacial score (nSPS) is 18.1. The molecule has 2 aromatic rings. The maximum absolute atomic E-state index is 12.9. The fourth-order valence-electron chi connectivity index (χ4n) is 5.61. The number of piperidine rings is 1. The van der Waals surface area contributed by atoms with E-state index in [0.717, 1.165) is 57.0 Å². The van der Waals surface area contributed by atoms with Crippen molar-refractivity contribution < 1.29 is 4.79 Å². The Morgan fingerprint density at radius 2 is 1.42 bits per heavy atom. The fourth-order valence-corrected chi connectivity index (χ4v) is 5.61. The van der Waals surface area contributed by atoms with Crippen molar-refractivity contribution in [3.05, 3.63) is 48.0 Å². The van der Waals surface area contributed by atoms with E-state index < -0.39 is 0 Å². The van der Waals surface area contributed by atoms with Gasteiger partial charge in [0.15, 0.2) is 0 Å². The van der Waals surface area contributed by atoms with Crippen molar-refractivity contribution in [2.24, 2.45) is 11.8 Å². The van der Waals surface area contributed by atoms with Crippen LogP contribution in [-0.2, 0) is 11.2 Å². The number of unbranched alkanes of at least 4 members (excludes halogenated alkanes) is 1. The molecule has 180 valence electrons. The molecule has 33 heavy (non-hydrogen) atoms. The van der Waals surface area contributed by atoms with E-state index in [1.54, 1.807) is 0 Å². The van der Waals surface area contributed by atoms with Crippen molar-refractivity contribution >= 4 is 16.7 Å². The van der Waals surface area contributed by atoms with Gasteiger partial charge >= 0.3 is 0 Å². The van der Waals surface area contributed by atoms with Gasteiger partial charge in [0.25, 0.3) is 0 Å². The van der Waals surface area contributed by atoms with Crippen LogP contribution in [0.4, 0.5) is 0 Å². The number of hydrogen-bond acceptors (Lipinski definition) is 3. The molecule has 4 rings (SSSR count). The van der Waals surface area contributed by atoms with E-state index in [0.29, 0.717) is 12.3 Å². The smallest absolute Gasteiger partial charge is 0.227 e. The van der Waals surface area contributed by atoms with Gasteiger partial charge < -0.3 is 15.5 Å². The molecule has 0 bridgehead atoms. The molecule has 1 saturated carbocycles. The van der Waals surface area contributed by atoms with E-state index in [4.69, 9.17) is 0 Å². The van der Waals surface area contributed by atoms with Gasteiger partial charge in [-0.15, -0.1) is 0 Å². The van der Waals surface area contributed by atoms with Crippen molar-refractivity contribution in [1.82, 2.24) is 15.5 Å². The predicted molar refractivity (Wildman–Crippen MR) is 139 cm³/mol. The quantitative estimate of drug-likeness (QED) is 0.466. The highest BCUT2D eigenvalue weighted by Gasteiger charge is 2.23. The maximum atomic E-state index is 12.9. The summed E-state index contributed by atoms with van der Waals surface area (Å²) in [7, 11) is 0. The molecule has 0 unspecified atom stereocenters. The Hall–Kier alpha value is -1.91. The zero-order valence-corrected chi connectivity index (χ0v) is 20.4. The summed E-state index contributed by atoms with van der Waals surface area (Å²) in [6.07, 6.45) is 12.5. The van der Waals surface area contributed by atoms with E-state index in [1.807, 2.05) is 0 Å². The molecular weight excluding hydrogens is 406 g/mol. The summed E-state index contributed by atoms with van der Waals surface area (Å²) in [4.78, 5) is 15.0. The van der Waals surface area contributed by atoms with Gasteiger partial charge in [0.1, 0.15) is 0 Å². The molecule has 0 spiro atoms. The minimum atomic E-state index is 0.276. The molecule has 1 saturated heterocycles. The molecule has 2 N–H and O–H groups in total. The number of hydrogen-bond donors (Lipinski definition) is 2. The van der Waals surface area contributed by atoms with Crippen molar-refractivity contribution in [2.75, 3.05) is 39.3 Å². The molecule has 0 aromatic heterocycles. The van der Waals surface area contributed by atoms with Crippen LogP contribution in [0.3, 0.4) is 0 Å². The van der Waals surface area contributed by atoms with Gasteiger partial charge in [0, 0.05) is 13.1 Å². The van der Waals surface area contributed by atoms with Crippen LogP contribution in [-0.4, -0.2) is 50.1 Å². The fraction of sp³-hybridized carbons (Fsp3) is 0.621. The third-order valence-electron chi connectivity index (χ3n) is 7.74. The van der Waals surface area contributed by atoms with Gasteiger partial charge in [0.2, 0.25) is 5.91 Å². The Morgan fingerprint density at radius 3 is 2.15 bits per heavy atom. The van der Waals surface area contributed by atoms with Gasteiger partial charge in [0.05, 0.1) is 6.42 Å². The Morgan fingerprint density at radius 1 is 0.788 bits per heavy atom. The predicted octanol–water partition coefficient (Wildman–Crippen LogP) is 5.16. The summed E-state index contributed by atoms with van der Waals surface area (Å²) in [6, 6.07) is 14.6. The summed E-state index contributed by atoms with van der Waals surface area (Å²) in [5, 5.41) is 9.76. The molecule has 1 heterocycles. The first kappa shape index (κ1) is 24.2. The second-order valence-corrected chi connectivity index (χ2v) is 10.3. The lowest BCUT2D eigenvalue weighted by molar-refractivity contribution is -0.131. The van der Waals surface area contributed by atoms with Crippen molar-refractivity contribution in [3.8, 4) is 0 Å². The van der Waals surface area contributed by atoms with Crippen LogP contribution in [0.2, 0.25) is 0 Å². The van der Waals surface area contributed by atoms with Crippen molar-refractivity contribution in [1.29, 1.82) is 0 Å². The zero-order valence-electron chi connectivity index (χ0n) is 20.4. The SMILES string of the molecule is O=C(Cc1cccc2ccccc12)N1CCC(CNCCCCNCC2CCCCC2)CC1. The lowest BCUT2D eigenvalue weighted by Crippen LogP contribution is -2.41. The molecule has 2 aromatic carbocycles. The summed E-state index contributed by atoms with van der Waals surface area (Å²) in [5.41, 5.74) is 1.15. The van der Waals surface area contributed by atoms with E-state index >= 15 is 0 Å². The second kappa shape index (κ2) is 13.1. The van der Waals surface area contributed by atoms with E-state index in [2.05, 4.69) is 58.0 Å². The van der Waals surface area contributed by atoms with Crippen LogP contribution < -0.4 is 10.6 Å². The van der Waals surface area contributed by atoms with Gasteiger partial charge in [-0.25, -0.2) is 0 Å². The standard InChI is InChI=1S/C29H43N3O/c33-29(21-27-13-8-12-26-11-4-5-14-28(26)27)32-19-15-25(16-20-32)23-31-18-7-6-17-30-22-24-9-2-1-3-10-24/h4-5,8,11-14,24-25,30-31H,1-3,6-7,9-10,15-23H2. The molecular formula is C29H43N3O. The number of carbonyl (C=O) groups is 1. The number of rotatable bonds is 11. The van der Waals surface area contributed by atoms with Crippen LogP contribution in [0.25, 0.3) is 10.8 Å². The molecule has 0 atom stereocenters. The van der Waals surface area contributed by atoms with Crippen LogP contribution in [0.1, 0.15) is 63.4 Å². The lowest BCUT2D eigenvalue weighted by Gasteiger charge is -2.32. The Labute approximate surface area is 200 Å². The van der Waals surface area contributed by atoms with Crippen LogP contribution in [0.5, 0.6) is 0 Å². The van der Waals surface area contributed by atoms with E-state index in [-0.39, 0.29) is 5.91 Å². The minimum absolute atomic E-state index is 0.276. The molecule has 1 aliphatic carbocycles. The Balaban J connectivity index is 1.06. The lowest BCUT2D eigenvalue weighted by atomic mass is 9.89.